The Balaban J connectivity index is 1.92. The predicted octanol–water partition coefficient (Wildman–Crippen LogP) is 3.06. The molecule has 0 aliphatic carbocycles. The smallest absolute Gasteiger partial charge is 0.266 e. The molecule has 1 fully saturated rings. The van der Waals surface area contributed by atoms with Gasteiger partial charge in [-0.05, 0) is 54.9 Å². The summed E-state index contributed by atoms with van der Waals surface area (Å²) in [5.74, 6) is -1.33. The largest absolute Gasteiger partial charge is 0.545 e. The monoisotopic (exact) mass is 365 g/mol. The zero-order chi connectivity index (χ0) is 18.7. The number of carbonyl (C=O) groups excluding carboxylic acids is 2. The number of nitrogens with zero attached hydrogens (tertiary/aromatic N) is 2. The second-order valence-corrected chi connectivity index (χ2v) is 7.03. The number of para-hydroxylation sites is 1. The van der Waals surface area contributed by atoms with E-state index in [9.17, 15) is 14.7 Å². The topological polar surface area (TPSA) is 72.8 Å². The number of thioether (sulfide) groups is 1. The van der Waals surface area contributed by atoms with Crippen molar-refractivity contribution in [3.05, 3.63) is 70.6 Å². The van der Waals surface area contributed by atoms with E-state index in [4.69, 9.17) is 0 Å². The van der Waals surface area contributed by atoms with E-state index in [0.29, 0.717) is 10.1 Å². The second-order valence-electron chi connectivity index (χ2n) is 6.02. The number of carboxylic acid groups (broad SMARTS) is 1. The molecule has 3 rings (SSSR count). The number of carbonyl (C=O) groups is 2. The first-order chi connectivity index (χ1) is 12.5. The van der Waals surface area contributed by atoms with Crippen molar-refractivity contribution in [2.45, 2.75) is 19.9 Å². The molecule has 0 aromatic heterocycles. The average molecular weight is 365 g/mol. The minimum Gasteiger partial charge on any atom is -0.545 e. The van der Waals surface area contributed by atoms with Crippen molar-refractivity contribution in [3.63, 3.8) is 0 Å². The molecule has 132 valence electrons. The van der Waals surface area contributed by atoms with Gasteiger partial charge in [-0.25, -0.2) is 4.99 Å². The molecule has 26 heavy (non-hydrogen) atoms. The Morgan fingerprint density at radius 3 is 2.35 bits per heavy atom. The van der Waals surface area contributed by atoms with Crippen LogP contribution in [0.5, 0.6) is 0 Å². The summed E-state index contributed by atoms with van der Waals surface area (Å²) in [5.41, 5.74) is 1.64. The van der Waals surface area contributed by atoms with Crippen molar-refractivity contribution in [1.29, 1.82) is 0 Å². The van der Waals surface area contributed by atoms with Crippen LogP contribution in [0.3, 0.4) is 0 Å². The molecule has 5 nitrogen and oxygen atoms in total. The fourth-order valence-electron chi connectivity index (χ4n) is 2.50. The standard InChI is InChI=1S/C20H18N2O3S/c1-13(2)22-18(23)17(12-14-8-10-15(11-9-14)19(24)25)26-20(22)21-16-6-4-3-5-7-16/h3-13H,1-2H3,(H,24,25)/p-1/b17-12-,21-20?. The summed E-state index contributed by atoms with van der Waals surface area (Å²) in [6.45, 7) is 3.88. The van der Waals surface area contributed by atoms with Gasteiger partial charge in [0.2, 0.25) is 0 Å². The molecule has 0 atom stereocenters. The third-order valence-corrected chi connectivity index (χ3v) is 4.76. The van der Waals surface area contributed by atoms with Gasteiger partial charge in [0.1, 0.15) is 0 Å². The van der Waals surface area contributed by atoms with Crippen molar-refractivity contribution in [2.24, 2.45) is 4.99 Å². The minimum atomic E-state index is -1.22. The third-order valence-electron chi connectivity index (χ3n) is 3.78. The van der Waals surface area contributed by atoms with Gasteiger partial charge < -0.3 is 9.90 Å². The van der Waals surface area contributed by atoms with Gasteiger partial charge in [0.05, 0.1) is 16.6 Å². The first-order valence-electron chi connectivity index (χ1n) is 8.14. The summed E-state index contributed by atoms with van der Waals surface area (Å²) in [6.07, 6.45) is 1.74. The number of rotatable bonds is 4. The van der Waals surface area contributed by atoms with Crippen LogP contribution >= 0.6 is 11.8 Å². The normalized spacial score (nSPS) is 17.5. The Morgan fingerprint density at radius 1 is 1.12 bits per heavy atom. The molecule has 1 heterocycles. The Hall–Kier alpha value is -2.86. The number of hydrogen-bond acceptors (Lipinski definition) is 5. The Kier molecular flexibility index (Phi) is 5.23. The van der Waals surface area contributed by atoms with Crippen LogP contribution in [0.2, 0.25) is 0 Å². The molecule has 1 aliphatic heterocycles. The molecule has 0 bridgehead atoms. The minimum absolute atomic E-state index is 0.0242. The zero-order valence-corrected chi connectivity index (χ0v) is 15.2. The maximum Gasteiger partial charge on any atom is 0.266 e. The number of benzene rings is 2. The van der Waals surface area contributed by atoms with Crippen molar-refractivity contribution < 1.29 is 14.7 Å². The molecule has 0 spiro atoms. The van der Waals surface area contributed by atoms with E-state index in [1.54, 1.807) is 23.1 Å². The van der Waals surface area contributed by atoms with Crippen LogP contribution in [0.1, 0.15) is 29.8 Å². The van der Waals surface area contributed by atoms with E-state index in [0.717, 1.165) is 11.3 Å². The lowest BCUT2D eigenvalue weighted by atomic mass is 10.1. The first kappa shape index (κ1) is 17.9. The highest BCUT2D eigenvalue weighted by molar-refractivity contribution is 8.18. The van der Waals surface area contributed by atoms with Crippen molar-refractivity contribution in [1.82, 2.24) is 4.90 Å². The third kappa shape index (κ3) is 3.86. The van der Waals surface area contributed by atoms with Crippen LogP contribution in [0.15, 0.2) is 64.5 Å². The number of amides is 1. The van der Waals surface area contributed by atoms with Crippen molar-refractivity contribution in [3.8, 4) is 0 Å². The van der Waals surface area contributed by atoms with Gasteiger partial charge in [0.15, 0.2) is 5.17 Å². The zero-order valence-electron chi connectivity index (χ0n) is 14.4. The molecule has 0 saturated carbocycles. The summed E-state index contributed by atoms with van der Waals surface area (Å²) in [5, 5.41) is 11.5. The van der Waals surface area contributed by atoms with Crippen LogP contribution < -0.4 is 5.11 Å². The highest BCUT2D eigenvalue weighted by Crippen LogP contribution is 2.35. The highest BCUT2D eigenvalue weighted by Gasteiger charge is 2.35. The van der Waals surface area contributed by atoms with E-state index in [1.165, 1.54) is 23.9 Å². The van der Waals surface area contributed by atoms with Crippen LogP contribution in [0.4, 0.5) is 5.69 Å². The van der Waals surface area contributed by atoms with E-state index in [-0.39, 0.29) is 17.5 Å². The van der Waals surface area contributed by atoms with Crippen molar-refractivity contribution >= 4 is 40.6 Å². The number of hydrogen-bond donors (Lipinski definition) is 0. The first-order valence-corrected chi connectivity index (χ1v) is 8.95. The predicted molar refractivity (Wildman–Crippen MR) is 102 cm³/mol. The molecule has 2 aromatic carbocycles. The summed E-state index contributed by atoms with van der Waals surface area (Å²) >= 11 is 1.31. The number of aromatic carboxylic acids is 1. The summed E-state index contributed by atoms with van der Waals surface area (Å²) in [7, 11) is 0. The van der Waals surface area contributed by atoms with E-state index >= 15 is 0 Å². The van der Waals surface area contributed by atoms with Gasteiger partial charge >= 0.3 is 0 Å². The molecule has 6 heteroatoms. The summed E-state index contributed by atoms with van der Waals surface area (Å²) in [4.78, 5) is 30.4. The van der Waals surface area contributed by atoms with Crippen LogP contribution in [0, 0.1) is 0 Å². The van der Waals surface area contributed by atoms with Crippen LogP contribution in [0.25, 0.3) is 6.08 Å². The van der Waals surface area contributed by atoms with Gasteiger partial charge in [-0.15, -0.1) is 0 Å². The van der Waals surface area contributed by atoms with Gasteiger partial charge in [0, 0.05) is 6.04 Å². The SMILES string of the molecule is CC(C)N1C(=O)/C(=C/c2ccc(C(=O)[O-])cc2)SC1=Nc1ccccc1. The van der Waals surface area contributed by atoms with Crippen molar-refractivity contribution in [2.75, 3.05) is 0 Å². The van der Waals surface area contributed by atoms with Crippen LogP contribution in [-0.4, -0.2) is 28.0 Å². The summed E-state index contributed by atoms with van der Waals surface area (Å²) < 4.78 is 0. The number of carboxylic acids is 1. The van der Waals surface area contributed by atoms with Gasteiger partial charge in [0.25, 0.3) is 5.91 Å². The van der Waals surface area contributed by atoms with E-state index in [1.807, 2.05) is 44.2 Å². The van der Waals surface area contributed by atoms with Gasteiger partial charge in [-0.1, -0.05) is 42.5 Å². The second kappa shape index (κ2) is 7.58. The molecular weight excluding hydrogens is 348 g/mol. The van der Waals surface area contributed by atoms with E-state index < -0.39 is 5.97 Å². The Labute approximate surface area is 156 Å². The number of aliphatic imine (C=N–C) groups is 1. The molecular formula is C20H17N2O3S-. The highest BCUT2D eigenvalue weighted by atomic mass is 32.2. The molecule has 0 radical (unpaired) electrons. The maximum absolute atomic E-state index is 12.8. The van der Waals surface area contributed by atoms with Gasteiger partial charge in [-0.3, -0.25) is 9.69 Å². The fourth-order valence-corrected chi connectivity index (χ4v) is 3.62. The van der Waals surface area contributed by atoms with Gasteiger partial charge in [-0.2, -0.15) is 0 Å². The lowest BCUT2D eigenvalue weighted by Crippen LogP contribution is -2.35. The molecule has 1 amide bonds. The quantitative estimate of drug-likeness (QED) is 0.781. The molecule has 0 N–H and O–H groups in total. The summed E-state index contributed by atoms with van der Waals surface area (Å²) in [6, 6.07) is 15.7. The molecule has 2 aromatic rings. The lowest BCUT2D eigenvalue weighted by molar-refractivity contribution is -0.255. The molecule has 0 unspecified atom stereocenters. The lowest BCUT2D eigenvalue weighted by Gasteiger charge is -2.19. The van der Waals surface area contributed by atoms with Crippen LogP contribution in [-0.2, 0) is 4.79 Å². The molecule has 1 saturated heterocycles. The average Bonchev–Trinajstić information content (AvgIpc) is 2.91. The Morgan fingerprint density at radius 2 is 1.77 bits per heavy atom. The Bertz CT molecular complexity index is 887. The molecule has 1 aliphatic rings. The van der Waals surface area contributed by atoms with E-state index in [2.05, 4.69) is 4.99 Å². The maximum atomic E-state index is 12.8. The number of amidine groups is 1. The fraction of sp³-hybridized carbons (Fsp3) is 0.150.